The van der Waals surface area contributed by atoms with Crippen LogP contribution in [0.5, 0.6) is 5.88 Å². The van der Waals surface area contributed by atoms with Gasteiger partial charge in [0.1, 0.15) is 11.6 Å². The second-order valence-corrected chi connectivity index (χ2v) is 6.41. The Morgan fingerprint density at radius 2 is 1.77 bits per heavy atom. The fraction of sp³-hybridized carbons (Fsp3) is 0.278. The first-order valence-corrected chi connectivity index (χ1v) is 8.46. The van der Waals surface area contributed by atoms with Gasteiger partial charge in [-0.15, -0.1) is 0 Å². The first-order chi connectivity index (χ1) is 13.9. The molecule has 0 atom stereocenters. The predicted molar refractivity (Wildman–Crippen MR) is 92.7 cm³/mol. The van der Waals surface area contributed by atoms with Crippen molar-refractivity contribution in [1.29, 1.82) is 5.26 Å². The summed E-state index contributed by atoms with van der Waals surface area (Å²) in [7, 11) is 0. The van der Waals surface area contributed by atoms with Gasteiger partial charge in [-0.3, -0.25) is 4.79 Å². The molecule has 1 aromatic heterocycles. The van der Waals surface area contributed by atoms with Crippen LogP contribution in [0.1, 0.15) is 21.5 Å². The topological polar surface area (TPSA) is 66.2 Å². The number of alkyl halides is 6. The lowest BCUT2D eigenvalue weighted by Crippen LogP contribution is -2.38. The summed E-state index contributed by atoms with van der Waals surface area (Å²) in [5.41, 5.74) is 0.255. The fourth-order valence-electron chi connectivity index (χ4n) is 2.30. The highest BCUT2D eigenvalue weighted by Gasteiger charge is 2.34. The van der Waals surface area contributed by atoms with E-state index in [0.717, 1.165) is 12.3 Å². The van der Waals surface area contributed by atoms with Gasteiger partial charge >= 0.3 is 12.4 Å². The zero-order valence-corrected chi connectivity index (χ0v) is 15.6. The number of ether oxygens (including phenoxy) is 1. The number of nitriles is 1. The van der Waals surface area contributed by atoms with Crippen molar-refractivity contribution >= 4 is 17.5 Å². The van der Waals surface area contributed by atoms with Crippen molar-refractivity contribution in [2.45, 2.75) is 18.9 Å². The first-order valence-electron chi connectivity index (χ1n) is 8.08. The van der Waals surface area contributed by atoms with Gasteiger partial charge in [0, 0.05) is 12.7 Å². The summed E-state index contributed by atoms with van der Waals surface area (Å²) in [6.07, 6.45) is -8.58. The lowest BCUT2D eigenvalue weighted by Gasteiger charge is -2.24. The van der Waals surface area contributed by atoms with Crippen LogP contribution in [0.3, 0.4) is 0 Å². The van der Waals surface area contributed by atoms with Crippen molar-refractivity contribution < 1.29 is 35.9 Å². The Hall–Kier alpha value is -3.00. The van der Waals surface area contributed by atoms with E-state index in [1.54, 1.807) is 0 Å². The number of carbonyl (C=O) groups excluding carboxylic acids is 1. The third kappa shape index (κ3) is 7.11. The van der Waals surface area contributed by atoms with Crippen LogP contribution in [0.4, 0.5) is 26.3 Å². The van der Waals surface area contributed by atoms with E-state index in [9.17, 15) is 31.1 Å². The van der Waals surface area contributed by atoms with Gasteiger partial charge in [-0.2, -0.15) is 31.6 Å². The monoisotopic (exact) mass is 451 g/mol. The van der Waals surface area contributed by atoms with Crippen LogP contribution in [0.2, 0.25) is 5.02 Å². The van der Waals surface area contributed by atoms with Crippen LogP contribution in [0.15, 0.2) is 36.5 Å². The third-order valence-electron chi connectivity index (χ3n) is 3.54. The van der Waals surface area contributed by atoms with Crippen molar-refractivity contribution in [3.8, 4) is 11.9 Å². The van der Waals surface area contributed by atoms with Crippen LogP contribution < -0.4 is 4.74 Å². The summed E-state index contributed by atoms with van der Waals surface area (Å²) in [6.45, 7) is -3.70. The third-order valence-corrected chi connectivity index (χ3v) is 3.81. The largest absolute Gasteiger partial charge is 0.467 e. The molecule has 30 heavy (non-hydrogen) atoms. The van der Waals surface area contributed by atoms with Crippen LogP contribution in [0, 0.1) is 11.3 Å². The van der Waals surface area contributed by atoms with Gasteiger partial charge in [0.25, 0.3) is 5.91 Å². The number of nitrogens with zero attached hydrogens (tertiary/aromatic N) is 3. The van der Waals surface area contributed by atoms with E-state index in [-0.39, 0.29) is 11.1 Å². The molecule has 0 saturated heterocycles. The maximum atomic E-state index is 13.0. The molecular weight excluding hydrogens is 440 g/mol. The Kier molecular flexibility index (Phi) is 7.15. The highest BCUT2D eigenvalue weighted by atomic mass is 35.5. The second kappa shape index (κ2) is 9.21. The average Bonchev–Trinajstić information content (AvgIpc) is 2.64. The lowest BCUT2D eigenvalue weighted by atomic mass is 10.1. The molecule has 1 heterocycles. The second-order valence-electron chi connectivity index (χ2n) is 6.00. The minimum absolute atomic E-state index is 0.290. The number of rotatable bonds is 6. The number of halogens is 7. The van der Waals surface area contributed by atoms with Crippen molar-refractivity contribution in [3.63, 3.8) is 0 Å². The first kappa shape index (κ1) is 23.3. The van der Waals surface area contributed by atoms with E-state index in [0.29, 0.717) is 10.5 Å². The van der Waals surface area contributed by atoms with Crippen LogP contribution in [-0.4, -0.2) is 41.3 Å². The summed E-state index contributed by atoms with van der Waals surface area (Å²) >= 11 is 5.76. The van der Waals surface area contributed by atoms with E-state index < -0.39 is 48.9 Å². The number of benzene rings is 1. The fourth-order valence-corrected chi connectivity index (χ4v) is 2.52. The Balaban J connectivity index is 2.24. The molecule has 0 radical (unpaired) electrons. The molecule has 5 nitrogen and oxygen atoms in total. The number of hydrogen-bond acceptors (Lipinski definition) is 4. The highest BCUT2D eigenvalue weighted by Crippen LogP contribution is 2.26. The van der Waals surface area contributed by atoms with Crippen molar-refractivity contribution in [1.82, 2.24) is 9.88 Å². The van der Waals surface area contributed by atoms with Crippen molar-refractivity contribution in [2.75, 3.05) is 13.2 Å². The van der Waals surface area contributed by atoms with E-state index in [2.05, 4.69) is 9.72 Å². The molecule has 1 aromatic carbocycles. The molecule has 160 valence electrons. The van der Waals surface area contributed by atoms with Gasteiger partial charge in [0.15, 0.2) is 6.61 Å². The Bertz CT molecular complexity index is 939. The molecule has 2 aromatic rings. The summed E-state index contributed by atoms with van der Waals surface area (Å²) in [5, 5.41) is 8.31. The number of hydrogen-bond donors (Lipinski definition) is 0. The zero-order chi connectivity index (χ0) is 22.5. The summed E-state index contributed by atoms with van der Waals surface area (Å²) in [4.78, 5) is 16.6. The molecule has 0 aliphatic carbocycles. The van der Waals surface area contributed by atoms with E-state index >= 15 is 0 Å². The van der Waals surface area contributed by atoms with Gasteiger partial charge in [0.05, 0.1) is 17.2 Å². The number of pyridine rings is 1. The normalized spacial score (nSPS) is 11.7. The van der Waals surface area contributed by atoms with Crippen LogP contribution in [0.25, 0.3) is 0 Å². The molecule has 0 bridgehead atoms. The minimum Gasteiger partial charge on any atom is -0.467 e. The maximum absolute atomic E-state index is 13.0. The smallest absolute Gasteiger partial charge is 0.422 e. The average molecular weight is 452 g/mol. The molecule has 0 aliphatic rings. The van der Waals surface area contributed by atoms with Gasteiger partial charge in [0.2, 0.25) is 5.88 Å². The maximum Gasteiger partial charge on any atom is 0.422 e. The minimum atomic E-state index is -4.71. The van der Waals surface area contributed by atoms with Gasteiger partial charge < -0.3 is 9.64 Å². The molecule has 0 aliphatic heterocycles. The van der Waals surface area contributed by atoms with E-state index in [1.807, 2.05) is 6.07 Å². The summed E-state index contributed by atoms with van der Waals surface area (Å²) < 4.78 is 79.9. The van der Waals surface area contributed by atoms with E-state index in [1.165, 1.54) is 24.3 Å². The number of carbonyl (C=O) groups is 1. The molecule has 2 rings (SSSR count). The quantitative estimate of drug-likeness (QED) is 0.594. The number of amides is 1. The molecule has 0 fully saturated rings. The van der Waals surface area contributed by atoms with Gasteiger partial charge in [-0.1, -0.05) is 23.7 Å². The Morgan fingerprint density at radius 1 is 1.13 bits per heavy atom. The molecule has 0 unspecified atom stereocenters. The van der Waals surface area contributed by atoms with Crippen LogP contribution in [-0.2, 0) is 6.54 Å². The van der Waals surface area contributed by atoms with E-state index in [4.69, 9.17) is 16.9 Å². The molecular formula is C18H12ClF6N3O2. The lowest BCUT2D eigenvalue weighted by molar-refractivity contribution is -0.154. The van der Waals surface area contributed by atoms with Crippen molar-refractivity contribution in [3.05, 3.63) is 58.2 Å². The molecule has 0 N–H and O–H groups in total. The summed E-state index contributed by atoms with van der Waals surface area (Å²) in [5.74, 6) is -1.70. The SMILES string of the molecule is N#Cc1ccc(CN(CC(F)(F)F)C(=O)c2cnc(OCC(F)(F)F)c(Cl)c2)cc1. The highest BCUT2D eigenvalue weighted by molar-refractivity contribution is 6.32. The molecule has 0 spiro atoms. The molecule has 12 heteroatoms. The Labute approximate surface area is 171 Å². The van der Waals surface area contributed by atoms with Crippen molar-refractivity contribution in [2.24, 2.45) is 0 Å². The van der Waals surface area contributed by atoms with Gasteiger partial charge in [-0.05, 0) is 23.8 Å². The Morgan fingerprint density at radius 3 is 2.27 bits per heavy atom. The predicted octanol–water partition coefficient (Wildman–Crippen LogP) is 4.75. The number of aromatic nitrogens is 1. The summed E-state index contributed by atoms with van der Waals surface area (Å²) in [6, 6.07) is 8.31. The van der Waals surface area contributed by atoms with Gasteiger partial charge in [-0.25, -0.2) is 4.98 Å². The van der Waals surface area contributed by atoms with Crippen LogP contribution >= 0.6 is 11.6 Å². The zero-order valence-electron chi connectivity index (χ0n) is 14.9. The standard InChI is InChI=1S/C18H12ClF6N3O2/c19-14-5-13(7-27-15(14)30-10-18(23,24)25)16(29)28(9-17(20,21)22)8-12-3-1-11(6-26)2-4-12/h1-5,7H,8-10H2. The molecule has 0 saturated carbocycles. The molecule has 1 amide bonds.